The van der Waals surface area contributed by atoms with Crippen LogP contribution in [0.3, 0.4) is 0 Å². The van der Waals surface area contributed by atoms with E-state index in [2.05, 4.69) is 20.9 Å². The first kappa shape index (κ1) is 19.1. The van der Waals surface area contributed by atoms with Gasteiger partial charge in [0.1, 0.15) is 5.52 Å². The number of carbonyl (C=O) groups is 1. The fraction of sp³-hybridized carbons (Fsp3) is 0.348. The van der Waals surface area contributed by atoms with Crippen molar-refractivity contribution in [1.82, 2.24) is 9.97 Å². The number of benzene rings is 2. The number of aromatic nitrogens is 2. The van der Waals surface area contributed by atoms with Gasteiger partial charge in [0.05, 0.1) is 27.7 Å². The first-order chi connectivity index (χ1) is 14.8. The molecule has 0 radical (unpaired) electrons. The lowest BCUT2D eigenvalue weighted by molar-refractivity contribution is -0.149. The van der Waals surface area contributed by atoms with E-state index in [0.29, 0.717) is 12.6 Å². The van der Waals surface area contributed by atoms with E-state index < -0.39 is 0 Å². The van der Waals surface area contributed by atoms with Crippen LogP contribution < -0.4 is 4.90 Å². The standard InChI is InChI=1S/C23H23N3O3S/c27-22(28-15-5-10-21-24-18-7-2-4-9-20(18)30-21)16-11-13-26(14-12-16)23-25-17-6-1-3-8-19(17)29-23/h1-4,6-9,16H,5,10-15H2. The first-order valence-corrected chi connectivity index (χ1v) is 11.2. The molecule has 2 aromatic carbocycles. The van der Waals surface area contributed by atoms with Crippen molar-refractivity contribution in [2.24, 2.45) is 5.92 Å². The zero-order chi connectivity index (χ0) is 20.3. The van der Waals surface area contributed by atoms with Gasteiger partial charge >= 0.3 is 5.97 Å². The third-order valence-electron chi connectivity index (χ3n) is 5.50. The number of para-hydroxylation sites is 3. The van der Waals surface area contributed by atoms with Gasteiger partial charge in [-0.05, 0) is 43.5 Å². The van der Waals surface area contributed by atoms with E-state index in [1.54, 1.807) is 11.3 Å². The second-order valence-corrected chi connectivity index (χ2v) is 8.69. The summed E-state index contributed by atoms with van der Waals surface area (Å²) in [7, 11) is 0. The summed E-state index contributed by atoms with van der Waals surface area (Å²) < 4.78 is 12.6. The van der Waals surface area contributed by atoms with Crippen molar-refractivity contribution >= 4 is 44.6 Å². The van der Waals surface area contributed by atoms with Crippen molar-refractivity contribution in [2.75, 3.05) is 24.6 Å². The Morgan fingerprint density at radius 1 is 1.07 bits per heavy atom. The molecule has 3 heterocycles. The summed E-state index contributed by atoms with van der Waals surface area (Å²) in [6.07, 6.45) is 3.15. The van der Waals surface area contributed by atoms with E-state index in [0.717, 1.165) is 60.4 Å². The molecule has 1 fully saturated rings. The number of thiazole rings is 1. The van der Waals surface area contributed by atoms with Gasteiger partial charge < -0.3 is 14.1 Å². The Bertz CT molecular complexity index is 1090. The Morgan fingerprint density at radius 2 is 1.83 bits per heavy atom. The molecule has 0 spiro atoms. The minimum atomic E-state index is -0.0866. The number of carbonyl (C=O) groups excluding carboxylic acids is 1. The van der Waals surface area contributed by atoms with Gasteiger partial charge in [0.25, 0.3) is 6.01 Å². The average molecular weight is 422 g/mol. The summed E-state index contributed by atoms with van der Waals surface area (Å²) in [5.41, 5.74) is 2.70. The molecule has 0 N–H and O–H groups in total. The lowest BCUT2D eigenvalue weighted by Gasteiger charge is -2.29. The molecule has 0 saturated carbocycles. The zero-order valence-corrected chi connectivity index (χ0v) is 17.4. The number of aryl methyl sites for hydroxylation is 1. The largest absolute Gasteiger partial charge is 0.465 e. The minimum absolute atomic E-state index is 0.0481. The van der Waals surface area contributed by atoms with Crippen LogP contribution in [0.15, 0.2) is 52.9 Å². The predicted molar refractivity (Wildman–Crippen MR) is 118 cm³/mol. The summed E-state index contributed by atoms with van der Waals surface area (Å²) in [6, 6.07) is 16.5. The van der Waals surface area contributed by atoms with Gasteiger partial charge in [-0.25, -0.2) is 4.98 Å². The third-order valence-corrected chi connectivity index (χ3v) is 6.60. The molecule has 6 nitrogen and oxygen atoms in total. The number of hydrogen-bond donors (Lipinski definition) is 0. The lowest BCUT2D eigenvalue weighted by atomic mass is 9.97. The SMILES string of the molecule is O=C(OCCCc1nc2ccccc2s1)C1CCN(c2nc3ccccc3o2)CC1. The summed E-state index contributed by atoms with van der Waals surface area (Å²) in [5, 5.41) is 1.10. The Morgan fingerprint density at radius 3 is 2.63 bits per heavy atom. The number of esters is 1. The van der Waals surface area contributed by atoms with E-state index in [4.69, 9.17) is 9.15 Å². The second kappa shape index (κ2) is 8.44. The maximum absolute atomic E-state index is 12.4. The van der Waals surface area contributed by atoms with Gasteiger partial charge in [-0.15, -0.1) is 11.3 Å². The molecule has 1 saturated heterocycles. The fourth-order valence-electron chi connectivity index (χ4n) is 3.84. The monoisotopic (exact) mass is 421 g/mol. The molecule has 0 amide bonds. The molecule has 0 atom stereocenters. The van der Waals surface area contributed by atoms with E-state index >= 15 is 0 Å². The molecule has 154 valence electrons. The smallest absolute Gasteiger partial charge is 0.309 e. The highest BCUT2D eigenvalue weighted by molar-refractivity contribution is 7.18. The van der Waals surface area contributed by atoms with E-state index in [1.165, 1.54) is 4.70 Å². The first-order valence-electron chi connectivity index (χ1n) is 10.4. The van der Waals surface area contributed by atoms with Crippen molar-refractivity contribution in [1.29, 1.82) is 0 Å². The highest BCUT2D eigenvalue weighted by atomic mass is 32.1. The van der Waals surface area contributed by atoms with Crippen molar-refractivity contribution in [3.8, 4) is 0 Å². The Balaban J connectivity index is 1.07. The zero-order valence-electron chi connectivity index (χ0n) is 16.6. The van der Waals surface area contributed by atoms with Gasteiger partial charge in [0, 0.05) is 19.5 Å². The number of oxazole rings is 1. The van der Waals surface area contributed by atoms with Crippen LogP contribution in [0.5, 0.6) is 0 Å². The molecule has 4 aromatic rings. The second-order valence-electron chi connectivity index (χ2n) is 7.57. The molecular formula is C23H23N3O3S. The number of hydrogen-bond acceptors (Lipinski definition) is 7. The Kier molecular flexibility index (Phi) is 5.36. The average Bonchev–Trinajstić information content (AvgIpc) is 3.40. The van der Waals surface area contributed by atoms with E-state index in [1.807, 2.05) is 42.5 Å². The molecule has 1 aliphatic rings. The number of fused-ring (bicyclic) bond motifs is 2. The van der Waals surface area contributed by atoms with E-state index in [-0.39, 0.29) is 11.9 Å². The number of piperidine rings is 1. The fourth-order valence-corrected chi connectivity index (χ4v) is 4.85. The van der Waals surface area contributed by atoms with Crippen LogP contribution in [0.2, 0.25) is 0 Å². The predicted octanol–water partition coefficient (Wildman–Crippen LogP) is 4.83. The highest BCUT2D eigenvalue weighted by Crippen LogP contribution is 2.27. The molecule has 0 bridgehead atoms. The number of ether oxygens (including phenoxy) is 1. The minimum Gasteiger partial charge on any atom is -0.465 e. The number of anilines is 1. The molecule has 0 aliphatic carbocycles. The van der Waals surface area contributed by atoms with Crippen LogP contribution in [0.4, 0.5) is 6.01 Å². The summed E-state index contributed by atoms with van der Waals surface area (Å²) in [4.78, 5) is 23.7. The highest BCUT2D eigenvalue weighted by Gasteiger charge is 2.28. The van der Waals surface area contributed by atoms with Gasteiger partial charge in [-0.3, -0.25) is 4.79 Å². The quantitative estimate of drug-likeness (QED) is 0.328. The molecule has 0 unspecified atom stereocenters. The maximum Gasteiger partial charge on any atom is 0.309 e. The molecular weight excluding hydrogens is 398 g/mol. The van der Waals surface area contributed by atoms with Crippen LogP contribution in [0.1, 0.15) is 24.3 Å². The van der Waals surface area contributed by atoms with Gasteiger partial charge in [-0.1, -0.05) is 24.3 Å². The lowest BCUT2D eigenvalue weighted by Crippen LogP contribution is -2.37. The van der Waals surface area contributed by atoms with Crippen LogP contribution in [0, 0.1) is 5.92 Å². The van der Waals surface area contributed by atoms with E-state index in [9.17, 15) is 4.79 Å². The van der Waals surface area contributed by atoms with Crippen molar-refractivity contribution < 1.29 is 13.9 Å². The number of rotatable bonds is 6. The molecule has 5 rings (SSSR count). The van der Waals surface area contributed by atoms with Crippen molar-refractivity contribution in [3.63, 3.8) is 0 Å². The van der Waals surface area contributed by atoms with Crippen molar-refractivity contribution in [3.05, 3.63) is 53.5 Å². The third kappa shape index (κ3) is 4.03. The summed E-state index contributed by atoms with van der Waals surface area (Å²) in [6.45, 7) is 1.94. The molecule has 30 heavy (non-hydrogen) atoms. The van der Waals surface area contributed by atoms with Crippen LogP contribution in [0.25, 0.3) is 21.3 Å². The van der Waals surface area contributed by atoms with Crippen LogP contribution in [-0.2, 0) is 16.0 Å². The summed E-state index contributed by atoms with van der Waals surface area (Å²) in [5.74, 6) is -0.135. The Hall–Kier alpha value is -2.93. The molecule has 1 aliphatic heterocycles. The van der Waals surface area contributed by atoms with Gasteiger partial charge in [0.2, 0.25) is 0 Å². The number of nitrogens with zero attached hydrogens (tertiary/aromatic N) is 3. The van der Waals surface area contributed by atoms with Crippen LogP contribution >= 0.6 is 11.3 Å². The normalized spacial score (nSPS) is 15.1. The maximum atomic E-state index is 12.4. The van der Waals surface area contributed by atoms with Gasteiger partial charge in [-0.2, -0.15) is 4.98 Å². The van der Waals surface area contributed by atoms with Gasteiger partial charge in [0.15, 0.2) is 5.58 Å². The topological polar surface area (TPSA) is 68.5 Å². The van der Waals surface area contributed by atoms with Crippen LogP contribution in [-0.4, -0.2) is 35.6 Å². The molecule has 7 heteroatoms. The van der Waals surface area contributed by atoms with Crippen molar-refractivity contribution in [2.45, 2.75) is 25.7 Å². The molecule has 2 aromatic heterocycles. The Labute approximate surface area is 178 Å². The summed E-state index contributed by atoms with van der Waals surface area (Å²) >= 11 is 1.71.